The molecular weight excluding hydrogens is 405 g/mol. The zero-order chi connectivity index (χ0) is 20.1. The van der Waals surface area contributed by atoms with Gasteiger partial charge in [0.15, 0.2) is 6.19 Å². The molecule has 7 heteroatoms. The van der Waals surface area contributed by atoms with E-state index in [2.05, 4.69) is 11.2 Å². The summed E-state index contributed by atoms with van der Waals surface area (Å²) in [6, 6.07) is 17.3. The Morgan fingerprint density at radius 1 is 1.07 bits per heavy atom. The number of hydrogen-bond acceptors (Lipinski definition) is 6. The van der Waals surface area contributed by atoms with Gasteiger partial charge >= 0.3 is 29.6 Å². The van der Waals surface area contributed by atoms with Gasteiger partial charge in [-0.25, -0.2) is 6.29 Å². The van der Waals surface area contributed by atoms with Gasteiger partial charge in [-0.15, -0.1) is 0 Å². The quantitative estimate of drug-likeness (QED) is 0.363. The molecule has 5 nitrogen and oxygen atoms in total. The Bertz CT molecular complexity index is 1010. The van der Waals surface area contributed by atoms with Crippen molar-refractivity contribution in [2.45, 2.75) is 12.8 Å². The van der Waals surface area contributed by atoms with Crippen LogP contribution in [0.2, 0.25) is 0 Å². The van der Waals surface area contributed by atoms with E-state index in [4.69, 9.17) is 10.00 Å². The van der Waals surface area contributed by atoms with Crippen molar-refractivity contribution in [3.63, 3.8) is 0 Å². The van der Waals surface area contributed by atoms with Gasteiger partial charge in [0.05, 0.1) is 4.88 Å². The van der Waals surface area contributed by atoms with Crippen LogP contribution < -0.4 is 34.3 Å². The van der Waals surface area contributed by atoms with Gasteiger partial charge in [-0.05, 0) is 54.0 Å². The first-order valence-corrected chi connectivity index (χ1v) is 10.4. The van der Waals surface area contributed by atoms with E-state index in [0.29, 0.717) is 5.01 Å². The number of aromatic nitrogens is 1. The minimum Gasteiger partial charge on any atom is -0.535 e. The molecule has 1 aliphatic heterocycles. The Morgan fingerprint density at radius 2 is 1.73 bits per heavy atom. The fourth-order valence-electron chi connectivity index (χ4n) is 3.66. The molecule has 0 spiro atoms. The first-order valence-electron chi connectivity index (χ1n) is 9.58. The molecule has 1 saturated heterocycles. The third-order valence-corrected chi connectivity index (χ3v) is 6.27. The summed E-state index contributed by atoms with van der Waals surface area (Å²) in [5, 5.41) is 8.85. The molecule has 3 aromatic rings. The number of thiazole rings is 1. The maximum atomic E-state index is 10.6. The SMILES string of the molecule is N#CN1CC2CCC2C1.O=[C-]c1ncc(-c2ccccc2Oc2ccccc2)s1.[Na+]. The van der Waals surface area contributed by atoms with Crippen LogP contribution in [0.1, 0.15) is 17.8 Å². The molecule has 0 amide bonds. The predicted molar refractivity (Wildman–Crippen MR) is 112 cm³/mol. The maximum absolute atomic E-state index is 10.6. The van der Waals surface area contributed by atoms with Crippen LogP contribution in [0, 0.1) is 23.3 Å². The molecule has 0 N–H and O–H groups in total. The Balaban J connectivity index is 0.000000214. The summed E-state index contributed by atoms with van der Waals surface area (Å²) < 4.78 is 5.89. The second-order valence-electron chi connectivity index (χ2n) is 7.15. The Hall–Kier alpha value is -2.17. The second kappa shape index (κ2) is 10.7. The number of para-hydroxylation sites is 2. The number of nitriles is 1. The summed E-state index contributed by atoms with van der Waals surface area (Å²) in [5.41, 5.74) is 0.912. The van der Waals surface area contributed by atoms with Gasteiger partial charge in [0.1, 0.15) is 11.5 Å². The minimum absolute atomic E-state index is 0. The molecule has 1 aromatic heterocycles. The average molecular weight is 425 g/mol. The van der Waals surface area contributed by atoms with Crippen molar-refractivity contribution in [1.29, 1.82) is 5.26 Å². The van der Waals surface area contributed by atoms with E-state index in [1.807, 2.05) is 59.5 Å². The predicted octanol–water partition coefficient (Wildman–Crippen LogP) is 1.87. The molecule has 0 bridgehead atoms. The van der Waals surface area contributed by atoms with Gasteiger partial charge in [-0.3, -0.25) is 4.98 Å². The molecule has 2 aliphatic rings. The molecule has 0 radical (unpaired) electrons. The first-order chi connectivity index (χ1) is 14.3. The summed E-state index contributed by atoms with van der Waals surface area (Å²) in [4.78, 5) is 17.4. The summed E-state index contributed by atoms with van der Waals surface area (Å²) in [7, 11) is 0. The van der Waals surface area contributed by atoms with Gasteiger partial charge in [-0.2, -0.15) is 16.6 Å². The minimum atomic E-state index is 0. The molecule has 2 fully saturated rings. The molecule has 2 atom stereocenters. The topological polar surface area (TPSA) is 66.2 Å². The molecule has 5 rings (SSSR count). The van der Waals surface area contributed by atoms with Crippen molar-refractivity contribution in [1.82, 2.24) is 9.88 Å². The number of likely N-dealkylation sites (tertiary alicyclic amines) is 1. The third-order valence-electron chi connectivity index (χ3n) is 5.34. The number of benzene rings is 2. The van der Waals surface area contributed by atoms with Crippen LogP contribution >= 0.6 is 11.3 Å². The van der Waals surface area contributed by atoms with Gasteiger partial charge in [-0.1, -0.05) is 30.3 Å². The number of ether oxygens (including phenoxy) is 1. The van der Waals surface area contributed by atoms with Crippen molar-refractivity contribution in [3.05, 3.63) is 65.8 Å². The van der Waals surface area contributed by atoms with Gasteiger partial charge in [0, 0.05) is 24.8 Å². The van der Waals surface area contributed by atoms with Gasteiger partial charge in [0.25, 0.3) is 0 Å². The van der Waals surface area contributed by atoms with Crippen LogP contribution in [-0.4, -0.2) is 29.3 Å². The van der Waals surface area contributed by atoms with E-state index in [9.17, 15) is 4.79 Å². The summed E-state index contributed by atoms with van der Waals surface area (Å²) in [5.74, 6) is 3.26. The van der Waals surface area contributed by atoms with Crippen molar-refractivity contribution in [2.75, 3.05) is 13.1 Å². The van der Waals surface area contributed by atoms with Crippen LogP contribution in [0.5, 0.6) is 11.5 Å². The largest absolute Gasteiger partial charge is 1.00 e. The molecule has 2 unspecified atom stereocenters. The fraction of sp³-hybridized carbons (Fsp3) is 0.261. The summed E-state index contributed by atoms with van der Waals surface area (Å²) in [6.07, 6.45) is 8.39. The first kappa shape index (κ1) is 22.5. The second-order valence-corrected chi connectivity index (χ2v) is 8.18. The van der Waals surface area contributed by atoms with Gasteiger partial charge in [0.2, 0.25) is 0 Å². The number of rotatable bonds is 4. The number of hydrogen-bond donors (Lipinski definition) is 0. The molecule has 30 heavy (non-hydrogen) atoms. The average Bonchev–Trinajstić information content (AvgIpc) is 3.34. The van der Waals surface area contributed by atoms with Crippen molar-refractivity contribution in [2.24, 2.45) is 11.8 Å². The standard InChI is InChI=1S/C16H10NO2S.C7H10N2.Na/c18-11-16-17-10-15(20-16)13-8-4-5-9-14(13)19-12-6-2-1-3-7-12;8-5-9-3-6-1-2-7(6)4-9;/h1-10H;6-7H,1-4H2;/q-1;;+1. The van der Waals surface area contributed by atoms with Crippen LogP contribution in [0.4, 0.5) is 0 Å². The fourth-order valence-corrected chi connectivity index (χ4v) is 4.40. The summed E-state index contributed by atoms with van der Waals surface area (Å²) in [6.45, 7) is 2.09. The maximum Gasteiger partial charge on any atom is 1.00 e. The Kier molecular flexibility index (Phi) is 8.06. The van der Waals surface area contributed by atoms with Crippen LogP contribution in [-0.2, 0) is 4.79 Å². The smallest absolute Gasteiger partial charge is 0.535 e. The third kappa shape index (κ3) is 5.30. The van der Waals surface area contributed by atoms with E-state index in [-0.39, 0.29) is 29.6 Å². The van der Waals surface area contributed by atoms with E-state index in [0.717, 1.165) is 46.9 Å². The van der Waals surface area contributed by atoms with Crippen molar-refractivity contribution >= 4 is 17.6 Å². The monoisotopic (exact) mass is 425 g/mol. The van der Waals surface area contributed by atoms with Crippen LogP contribution in [0.15, 0.2) is 60.8 Å². The van der Waals surface area contributed by atoms with Crippen molar-refractivity contribution in [3.8, 4) is 28.1 Å². The van der Waals surface area contributed by atoms with Gasteiger partial charge < -0.3 is 14.4 Å². The van der Waals surface area contributed by atoms with Crippen LogP contribution in [0.25, 0.3) is 10.4 Å². The molecule has 2 aromatic carbocycles. The zero-order valence-electron chi connectivity index (χ0n) is 16.8. The molecule has 1 saturated carbocycles. The molecular formula is C23H20N3NaO2S. The Morgan fingerprint density at radius 3 is 2.33 bits per heavy atom. The van der Waals surface area contributed by atoms with E-state index >= 15 is 0 Å². The number of carbonyl (C=O) groups excluding carboxylic acids is 1. The zero-order valence-corrected chi connectivity index (χ0v) is 19.6. The van der Waals surface area contributed by atoms with Crippen LogP contribution in [0.3, 0.4) is 0 Å². The number of nitrogens with zero attached hydrogens (tertiary/aromatic N) is 3. The summed E-state index contributed by atoms with van der Waals surface area (Å²) >= 11 is 1.30. The van der Waals surface area contributed by atoms with E-state index < -0.39 is 0 Å². The number of fused-ring (bicyclic) bond motifs is 1. The van der Waals surface area contributed by atoms with E-state index in [1.54, 1.807) is 12.5 Å². The molecule has 1 aliphatic carbocycles. The Labute approximate surface area is 202 Å². The molecule has 2 heterocycles. The normalized spacial score (nSPS) is 18.6. The van der Waals surface area contributed by atoms with Crippen molar-refractivity contribution < 1.29 is 39.1 Å². The molecule has 146 valence electrons. The van der Waals surface area contributed by atoms with E-state index in [1.165, 1.54) is 24.2 Å².